The Morgan fingerprint density at radius 1 is 1.23 bits per heavy atom. The average molecular weight is 204 g/mol. The molecule has 1 aromatic rings. The molecule has 3 nitrogen and oxygen atoms in total. The number of benzene rings is 1. The van der Waals surface area contributed by atoms with E-state index >= 15 is 0 Å². The van der Waals surface area contributed by atoms with Gasteiger partial charge < -0.3 is 16.1 Å². The molecule has 0 spiro atoms. The van der Waals surface area contributed by atoms with E-state index in [0.29, 0.717) is 0 Å². The molecule has 0 saturated heterocycles. The molecule has 2 N–H and O–H groups in total. The molecule has 0 unspecified atom stereocenters. The summed E-state index contributed by atoms with van der Waals surface area (Å²) in [6, 6.07) is 9.43. The molecule has 0 amide bonds. The average Bonchev–Trinajstić information content (AvgIpc) is 2.05. The Morgan fingerprint density at radius 2 is 1.85 bits per heavy atom. The molecular formula is C8H10BKO3. The third kappa shape index (κ3) is 6.45. The van der Waals surface area contributed by atoms with E-state index in [9.17, 15) is 0 Å². The first-order chi connectivity index (χ1) is 5.79. The van der Waals surface area contributed by atoms with Gasteiger partial charge in [0, 0.05) is 0 Å². The van der Waals surface area contributed by atoms with Gasteiger partial charge in [0.05, 0.1) is 6.26 Å². The van der Waals surface area contributed by atoms with Crippen LogP contribution in [0.3, 0.4) is 0 Å². The Kier molecular flexibility index (Phi) is 7.98. The Bertz CT molecular complexity index is 256. The van der Waals surface area contributed by atoms with Crippen LogP contribution in [-0.4, -0.2) is 17.4 Å². The topological polar surface area (TPSA) is 49.7 Å². The van der Waals surface area contributed by atoms with Crippen molar-refractivity contribution in [1.82, 2.24) is 0 Å². The summed E-state index contributed by atoms with van der Waals surface area (Å²) in [5.74, 6) is 0. The van der Waals surface area contributed by atoms with E-state index in [1.165, 1.54) is 6.26 Å². The first kappa shape index (κ1) is 13.4. The van der Waals surface area contributed by atoms with E-state index < -0.39 is 7.32 Å². The molecule has 0 aliphatic rings. The van der Waals surface area contributed by atoms with Crippen molar-refractivity contribution >= 4 is 13.4 Å². The van der Waals surface area contributed by atoms with Crippen LogP contribution in [0.2, 0.25) is 0 Å². The van der Waals surface area contributed by atoms with Crippen LogP contribution in [0.1, 0.15) is 6.99 Å². The van der Waals surface area contributed by atoms with Crippen LogP contribution in [0.15, 0.2) is 36.6 Å². The molecule has 5 heteroatoms. The molecule has 0 bridgehead atoms. The molecule has 1 aromatic carbocycles. The van der Waals surface area contributed by atoms with Crippen LogP contribution in [0.5, 0.6) is 0 Å². The quantitative estimate of drug-likeness (QED) is 0.432. The van der Waals surface area contributed by atoms with E-state index in [1.807, 2.05) is 30.3 Å². The van der Waals surface area contributed by atoms with Gasteiger partial charge in [0.15, 0.2) is 0 Å². The van der Waals surface area contributed by atoms with Crippen molar-refractivity contribution in [1.29, 1.82) is 0 Å². The summed E-state index contributed by atoms with van der Waals surface area (Å²) in [5, 5.41) is 16.6. The number of rotatable bonds is 3. The minimum atomic E-state index is -1.75. The Morgan fingerprint density at radius 3 is 2.38 bits per heavy atom. The minimum Gasteiger partial charge on any atom is -1.00 e. The van der Waals surface area contributed by atoms with Gasteiger partial charge in [-0.15, -0.1) is 0 Å². The molecule has 0 atom stereocenters. The predicted molar refractivity (Wildman–Crippen MR) is 47.9 cm³/mol. The van der Waals surface area contributed by atoms with Crippen LogP contribution in [0.4, 0.5) is 0 Å². The molecule has 0 fully saturated rings. The minimum absolute atomic E-state index is 0. The van der Waals surface area contributed by atoms with Gasteiger partial charge in [0.2, 0.25) is 0 Å². The summed E-state index contributed by atoms with van der Waals surface area (Å²) in [6.45, 7) is 0. The van der Waals surface area contributed by atoms with Gasteiger partial charge in [-0.2, -0.15) is 0 Å². The predicted octanol–water partition coefficient (Wildman–Crippen LogP) is -2.24. The molecule has 0 radical (unpaired) electrons. The van der Waals surface area contributed by atoms with Crippen LogP contribution in [-0.2, 0) is 4.65 Å². The van der Waals surface area contributed by atoms with Gasteiger partial charge in [0.1, 0.15) is 0 Å². The summed E-state index contributed by atoms with van der Waals surface area (Å²) in [4.78, 5) is 0. The second kappa shape index (κ2) is 7.75. The fraction of sp³-hybridized carbons (Fsp3) is 0. The van der Waals surface area contributed by atoms with Crippen LogP contribution in [0.25, 0.3) is 6.08 Å². The molecular weight excluding hydrogens is 194 g/mol. The number of hydrogen-bond donors (Lipinski definition) is 2. The van der Waals surface area contributed by atoms with Crippen molar-refractivity contribution in [2.75, 3.05) is 0 Å². The number of hydrogen-bond acceptors (Lipinski definition) is 3. The third-order valence-corrected chi connectivity index (χ3v) is 1.26. The molecule has 0 heterocycles. The standard InChI is InChI=1S/C8H9BO3.K.H/c10-9(11)12-7-6-8-4-2-1-3-5-8;;/h1-7,10-11H;;/q;+1;-1. The summed E-state index contributed by atoms with van der Waals surface area (Å²) in [7, 11) is -1.75. The maximum Gasteiger partial charge on any atom is 1.00 e. The smallest absolute Gasteiger partial charge is 1.00 e. The van der Waals surface area contributed by atoms with E-state index in [0.717, 1.165) is 5.56 Å². The molecule has 1 rings (SSSR count). The SMILES string of the molecule is OB(O)OC=Cc1ccccc1.[H-].[K+]. The Labute approximate surface area is 122 Å². The van der Waals surface area contributed by atoms with Crippen molar-refractivity contribution in [2.24, 2.45) is 0 Å². The first-order valence-electron chi connectivity index (χ1n) is 3.52. The molecule has 0 saturated carbocycles. The maximum atomic E-state index is 8.31. The molecule has 0 aliphatic carbocycles. The van der Waals surface area contributed by atoms with Gasteiger partial charge in [-0.1, -0.05) is 30.3 Å². The van der Waals surface area contributed by atoms with E-state index in [4.69, 9.17) is 10.0 Å². The van der Waals surface area contributed by atoms with Crippen LogP contribution >= 0.6 is 0 Å². The fourth-order valence-electron chi connectivity index (χ4n) is 0.752. The summed E-state index contributed by atoms with van der Waals surface area (Å²) in [5.41, 5.74) is 0.943. The van der Waals surface area contributed by atoms with Crippen molar-refractivity contribution in [3.63, 3.8) is 0 Å². The van der Waals surface area contributed by atoms with E-state index in [-0.39, 0.29) is 52.8 Å². The summed E-state index contributed by atoms with van der Waals surface area (Å²) >= 11 is 0. The van der Waals surface area contributed by atoms with Gasteiger partial charge in [-0.05, 0) is 11.6 Å². The van der Waals surface area contributed by atoms with E-state index in [1.54, 1.807) is 6.08 Å². The normalized spacial score (nSPS) is 9.38. The zero-order valence-electron chi connectivity index (χ0n) is 8.42. The van der Waals surface area contributed by atoms with Crippen LogP contribution < -0.4 is 51.4 Å². The summed E-state index contributed by atoms with van der Waals surface area (Å²) in [6.07, 6.45) is 2.87. The van der Waals surface area contributed by atoms with Crippen molar-refractivity contribution in [3.05, 3.63) is 42.2 Å². The third-order valence-electron chi connectivity index (χ3n) is 1.26. The molecule has 0 aromatic heterocycles. The van der Waals surface area contributed by atoms with Gasteiger partial charge in [0.25, 0.3) is 0 Å². The Hall–Kier alpha value is 0.381. The largest absolute Gasteiger partial charge is 1.00 e. The molecule has 0 aliphatic heterocycles. The van der Waals surface area contributed by atoms with Gasteiger partial charge in [-0.25, -0.2) is 0 Å². The fourth-order valence-corrected chi connectivity index (χ4v) is 0.752. The molecule has 64 valence electrons. The molecule has 13 heavy (non-hydrogen) atoms. The summed E-state index contributed by atoms with van der Waals surface area (Å²) < 4.78 is 4.38. The van der Waals surface area contributed by atoms with Crippen LogP contribution in [0, 0.1) is 0 Å². The van der Waals surface area contributed by atoms with Gasteiger partial charge >= 0.3 is 58.7 Å². The second-order valence-corrected chi connectivity index (χ2v) is 2.18. The maximum absolute atomic E-state index is 8.31. The van der Waals surface area contributed by atoms with E-state index in [2.05, 4.69) is 4.65 Å². The zero-order chi connectivity index (χ0) is 8.81. The zero-order valence-corrected chi connectivity index (χ0v) is 10.5. The van der Waals surface area contributed by atoms with Crippen molar-refractivity contribution in [3.8, 4) is 0 Å². The second-order valence-electron chi connectivity index (χ2n) is 2.18. The Balaban J connectivity index is 0. The first-order valence-corrected chi connectivity index (χ1v) is 3.52. The monoisotopic (exact) mass is 204 g/mol. The van der Waals surface area contributed by atoms with Gasteiger partial charge in [-0.3, -0.25) is 0 Å². The van der Waals surface area contributed by atoms with Crippen molar-refractivity contribution in [2.45, 2.75) is 0 Å². The van der Waals surface area contributed by atoms with Crippen molar-refractivity contribution < 1.29 is 67.5 Å².